The predicted octanol–water partition coefficient (Wildman–Crippen LogP) is 0.762. The quantitative estimate of drug-likeness (QED) is 0.862. The highest BCUT2D eigenvalue weighted by molar-refractivity contribution is 9.10. The van der Waals surface area contributed by atoms with Gasteiger partial charge in [-0.1, -0.05) is 0 Å². The lowest BCUT2D eigenvalue weighted by atomic mass is 10.5. The van der Waals surface area contributed by atoms with Crippen LogP contribution in [0.3, 0.4) is 0 Å². The molecule has 0 saturated heterocycles. The van der Waals surface area contributed by atoms with E-state index in [0.29, 0.717) is 18.3 Å². The van der Waals surface area contributed by atoms with Crippen molar-refractivity contribution in [3.63, 3.8) is 0 Å². The monoisotopic (exact) mass is 322 g/mol. The molecule has 0 aromatic carbocycles. The lowest BCUT2D eigenvalue weighted by Gasteiger charge is -2.19. The summed E-state index contributed by atoms with van der Waals surface area (Å²) in [5, 5.41) is 2.83. The topological polar surface area (TPSA) is 75.2 Å². The number of halogens is 1. The molecule has 8 heteroatoms. The lowest BCUT2D eigenvalue weighted by molar-refractivity contribution is 0.601. The van der Waals surface area contributed by atoms with Crippen molar-refractivity contribution in [2.75, 3.05) is 42.9 Å². The van der Waals surface area contributed by atoms with E-state index in [1.165, 1.54) is 6.26 Å². The highest BCUT2D eigenvalue weighted by Gasteiger charge is 2.11. The minimum Gasteiger partial charge on any atom is -0.358 e. The van der Waals surface area contributed by atoms with Gasteiger partial charge in [0.25, 0.3) is 0 Å². The zero-order valence-electron chi connectivity index (χ0n) is 9.94. The van der Waals surface area contributed by atoms with Gasteiger partial charge < -0.3 is 10.2 Å². The molecule has 0 fully saturated rings. The van der Waals surface area contributed by atoms with E-state index in [4.69, 9.17) is 0 Å². The third kappa shape index (κ3) is 4.47. The fourth-order valence-corrected chi connectivity index (χ4v) is 2.25. The van der Waals surface area contributed by atoms with Gasteiger partial charge in [0.05, 0.1) is 10.2 Å². The van der Waals surface area contributed by atoms with Crippen LogP contribution in [0.5, 0.6) is 0 Å². The molecule has 17 heavy (non-hydrogen) atoms. The van der Waals surface area contributed by atoms with Gasteiger partial charge in [-0.05, 0) is 15.9 Å². The molecule has 6 nitrogen and oxygen atoms in total. The highest BCUT2D eigenvalue weighted by atomic mass is 79.9. The SMILES string of the molecule is CNc1ncc(Br)c(N(C)CCS(C)(=O)=O)n1. The highest BCUT2D eigenvalue weighted by Crippen LogP contribution is 2.22. The Hall–Kier alpha value is -0.890. The number of anilines is 2. The summed E-state index contributed by atoms with van der Waals surface area (Å²) in [6.07, 6.45) is 2.85. The second-order valence-electron chi connectivity index (χ2n) is 3.67. The van der Waals surface area contributed by atoms with Gasteiger partial charge in [-0.2, -0.15) is 4.98 Å². The molecule has 0 unspecified atom stereocenters. The maximum atomic E-state index is 11.1. The van der Waals surface area contributed by atoms with Gasteiger partial charge in [0.1, 0.15) is 15.7 Å². The van der Waals surface area contributed by atoms with Crippen LogP contribution in [0.1, 0.15) is 0 Å². The largest absolute Gasteiger partial charge is 0.358 e. The maximum absolute atomic E-state index is 11.1. The van der Waals surface area contributed by atoms with Crippen LogP contribution in [-0.4, -0.2) is 51.0 Å². The lowest BCUT2D eigenvalue weighted by Crippen LogP contribution is -2.26. The molecule has 1 aromatic rings. The Morgan fingerprint density at radius 3 is 2.71 bits per heavy atom. The molecular formula is C9H15BrN4O2S. The molecule has 0 aliphatic carbocycles. The van der Waals surface area contributed by atoms with Gasteiger partial charge in [0.15, 0.2) is 0 Å². The van der Waals surface area contributed by atoms with Crippen molar-refractivity contribution < 1.29 is 8.42 Å². The number of nitrogens with zero attached hydrogens (tertiary/aromatic N) is 3. The standard InChI is InChI=1S/C9H15BrN4O2S/c1-11-9-12-6-7(10)8(13-9)14(2)4-5-17(3,15)16/h6H,4-5H2,1-3H3,(H,11,12,13). The van der Waals surface area contributed by atoms with Crippen LogP contribution >= 0.6 is 15.9 Å². The van der Waals surface area contributed by atoms with Gasteiger partial charge in [0, 0.05) is 33.1 Å². The second kappa shape index (κ2) is 5.63. The van der Waals surface area contributed by atoms with E-state index in [9.17, 15) is 8.42 Å². The average Bonchev–Trinajstić information content (AvgIpc) is 2.25. The fraction of sp³-hybridized carbons (Fsp3) is 0.556. The molecule has 1 heterocycles. The third-order valence-corrected chi connectivity index (χ3v) is 3.59. The smallest absolute Gasteiger partial charge is 0.224 e. The van der Waals surface area contributed by atoms with Crippen molar-refractivity contribution in [1.29, 1.82) is 0 Å². The van der Waals surface area contributed by atoms with Gasteiger partial charge in [-0.15, -0.1) is 0 Å². The number of nitrogens with one attached hydrogen (secondary N) is 1. The summed E-state index contributed by atoms with van der Waals surface area (Å²) in [6, 6.07) is 0. The maximum Gasteiger partial charge on any atom is 0.224 e. The molecule has 0 aliphatic heterocycles. The van der Waals surface area contributed by atoms with Crippen LogP contribution in [0.4, 0.5) is 11.8 Å². The third-order valence-electron chi connectivity index (χ3n) is 2.11. The fourth-order valence-electron chi connectivity index (χ4n) is 1.15. The van der Waals surface area contributed by atoms with Crippen LogP contribution in [0.25, 0.3) is 0 Å². The molecule has 0 amide bonds. The van der Waals surface area contributed by atoms with Crippen molar-refractivity contribution in [3.8, 4) is 0 Å². The van der Waals surface area contributed by atoms with E-state index in [0.717, 1.165) is 4.47 Å². The Labute approximate surface area is 109 Å². The Bertz CT molecular complexity index is 492. The first-order valence-electron chi connectivity index (χ1n) is 4.92. The Kier molecular flexibility index (Phi) is 4.70. The van der Waals surface area contributed by atoms with E-state index in [-0.39, 0.29) is 5.75 Å². The summed E-state index contributed by atoms with van der Waals surface area (Å²) in [6.45, 7) is 0.387. The first-order valence-corrected chi connectivity index (χ1v) is 7.78. The molecule has 0 spiro atoms. The summed E-state index contributed by atoms with van der Waals surface area (Å²) < 4.78 is 22.9. The first kappa shape index (κ1) is 14.2. The van der Waals surface area contributed by atoms with E-state index < -0.39 is 9.84 Å². The van der Waals surface area contributed by atoms with Crippen molar-refractivity contribution >= 4 is 37.5 Å². The molecule has 0 atom stereocenters. The molecule has 1 aromatic heterocycles. The molecule has 96 valence electrons. The molecule has 0 saturated carbocycles. The van der Waals surface area contributed by atoms with Crippen molar-refractivity contribution in [2.45, 2.75) is 0 Å². The van der Waals surface area contributed by atoms with E-state index in [2.05, 4.69) is 31.2 Å². The van der Waals surface area contributed by atoms with Crippen molar-refractivity contribution in [3.05, 3.63) is 10.7 Å². The summed E-state index contributed by atoms with van der Waals surface area (Å²) in [5.41, 5.74) is 0. The van der Waals surface area contributed by atoms with Crippen molar-refractivity contribution in [2.24, 2.45) is 0 Å². The van der Waals surface area contributed by atoms with Crippen LogP contribution in [0, 0.1) is 0 Å². The predicted molar refractivity (Wildman–Crippen MR) is 72.3 cm³/mol. The number of hydrogen-bond acceptors (Lipinski definition) is 6. The second-order valence-corrected chi connectivity index (χ2v) is 6.78. The van der Waals surface area contributed by atoms with Gasteiger partial charge in [-0.3, -0.25) is 0 Å². The van der Waals surface area contributed by atoms with Crippen LogP contribution in [0.2, 0.25) is 0 Å². The first-order chi connectivity index (χ1) is 7.83. The molecule has 0 radical (unpaired) electrons. The Balaban J connectivity index is 2.84. The average molecular weight is 323 g/mol. The normalized spacial score (nSPS) is 11.3. The van der Waals surface area contributed by atoms with Crippen LogP contribution in [0.15, 0.2) is 10.7 Å². The van der Waals surface area contributed by atoms with Crippen molar-refractivity contribution in [1.82, 2.24) is 9.97 Å². The van der Waals surface area contributed by atoms with Gasteiger partial charge in [-0.25, -0.2) is 13.4 Å². The van der Waals surface area contributed by atoms with Crippen LogP contribution < -0.4 is 10.2 Å². The number of hydrogen-bond donors (Lipinski definition) is 1. The zero-order valence-corrected chi connectivity index (χ0v) is 12.3. The summed E-state index contributed by atoms with van der Waals surface area (Å²) in [7, 11) is 0.543. The summed E-state index contributed by atoms with van der Waals surface area (Å²) in [4.78, 5) is 10.1. The van der Waals surface area contributed by atoms with E-state index in [1.54, 1.807) is 25.2 Å². The van der Waals surface area contributed by atoms with E-state index >= 15 is 0 Å². The number of aromatic nitrogens is 2. The zero-order chi connectivity index (χ0) is 13.1. The number of sulfone groups is 1. The molecule has 0 aliphatic rings. The minimum absolute atomic E-state index is 0.0921. The Morgan fingerprint density at radius 2 is 2.18 bits per heavy atom. The van der Waals surface area contributed by atoms with Gasteiger partial charge in [0.2, 0.25) is 5.95 Å². The number of rotatable bonds is 5. The Morgan fingerprint density at radius 1 is 1.53 bits per heavy atom. The molecule has 1 N–H and O–H groups in total. The molecule has 0 bridgehead atoms. The summed E-state index contributed by atoms with van der Waals surface area (Å²) >= 11 is 3.34. The molecular weight excluding hydrogens is 308 g/mol. The van der Waals surface area contributed by atoms with Crippen LogP contribution in [-0.2, 0) is 9.84 Å². The van der Waals surface area contributed by atoms with Gasteiger partial charge >= 0.3 is 0 Å². The van der Waals surface area contributed by atoms with E-state index in [1.807, 2.05) is 0 Å². The molecule has 1 rings (SSSR count). The summed E-state index contributed by atoms with van der Waals surface area (Å²) in [5.74, 6) is 1.25. The minimum atomic E-state index is -2.97.